The molecule has 0 aliphatic carbocycles. The molecule has 1 heterocycles. The first kappa shape index (κ1) is 16.3. The summed E-state index contributed by atoms with van der Waals surface area (Å²) in [5, 5.41) is 18.7. The molecular weight excluding hydrogens is 282 g/mol. The van der Waals surface area contributed by atoms with Crippen LogP contribution in [0.25, 0.3) is 0 Å². The standard InChI is InChI=1S/C16H21N3O3/c17-12-13-2-4-14(5-3-13)22-11-1-8-19-9-6-16(21,7-10-19)15(18)20/h2-5,21H,1,6-11H2,(H2,18,20). The van der Waals surface area contributed by atoms with Crippen LogP contribution in [-0.2, 0) is 4.79 Å². The SMILES string of the molecule is N#Cc1ccc(OCCCN2CCC(O)(C(N)=O)CC2)cc1. The third-order valence-electron chi connectivity index (χ3n) is 4.01. The Kier molecular flexibility index (Phi) is 5.36. The summed E-state index contributed by atoms with van der Waals surface area (Å²) < 4.78 is 5.62. The van der Waals surface area contributed by atoms with Crippen molar-refractivity contribution in [2.45, 2.75) is 24.9 Å². The average molecular weight is 303 g/mol. The third kappa shape index (κ3) is 4.20. The van der Waals surface area contributed by atoms with Gasteiger partial charge in [-0.3, -0.25) is 4.79 Å². The van der Waals surface area contributed by atoms with Crippen LogP contribution in [0, 0.1) is 11.3 Å². The van der Waals surface area contributed by atoms with Crippen LogP contribution in [-0.4, -0.2) is 47.8 Å². The highest BCUT2D eigenvalue weighted by Gasteiger charge is 2.37. The molecule has 1 aliphatic heterocycles. The number of rotatable bonds is 6. The molecule has 1 aromatic carbocycles. The maximum atomic E-state index is 11.2. The number of likely N-dealkylation sites (tertiary alicyclic amines) is 1. The maximum absolute atomic E-state index is 11.2. The van der Waals surface area contributed by atoms with Crippen molar-refractivity contribution in [2.75, 3.05) is 26.2 Å². The number of amides is 1. The summed E-state index contributed by atoms with van der Waals surface area (Å²) in [5.74, 6) is 0.122. The van der Waals surface area contributed by atoms with Gasteiger partial charge in [0.05, 0.1) is 18.2 Å². The Morgan fingerprint density at radius 1 is 1.36 bits per heavy atom. The lowest BCUT2D eigenvalue weighted by Gasteiger charge is -2.35. The van der Waals surface area contributed by atoms with Gasteiger partial charge in [-0.2, -0.15) is 5.26 Å². The van der Waals surface area contributed by atoms with Gasteiger partial charge < -0.3 is 20.5 Å². The topological polar surface area (TPSA) is 99.6 Å². The van der Waals surface area contributed by atoms with Gasteiger partial charge in [0.2, 0.25) is 5.91 Å². The minimum absolute atomic E-state index is 0.388. The second-order valence-electron chi connectivity index (χ2n) is 5.58. The van der Waals surface area contributed by atoms with Gasteiger partial charge in [-0.15, -0.1) is 0 Å². The second-order valence-corrected chi connectivity index (χ2v) is 5.58. The van der Waals surface area contributed by atoms with E-state index in [0.717, 1.165) is 18.7 Å². The van der Waals surface area contributed by atoms with E-state index >= 15 is 0 Å². The molecule has 1 aliphatic rings. The van der Waals surface area contributed by atoms with E-state index in [2.05, 4.69) is 11.0 Å². The van der Waals surface area contributed by atoms with Crippen LogP contribution in [0.5, 0.6) is 5.75 Å². The number of carbonyl (C=O) groups excluding carboxylic acids is 1. The molecule has 0 bridgehead atoms. The van der Waals surface area contributed by atoms with Crippen molar-refractivity contribution in [1.82, 2.24) is 4.90 Å². The molecule has 6 heteroatoms. The maximum Gasteiger partial charge on any atom is 0.249 e. The van der Waals surface area contributed by atoms with Gasteiger partial charge in [-0.25, -0.2) is 0 Å². The van der Waals surface area contributed by atoms with Crippen LogP contribution in [0.3, 0.4) is 0 Å². The van der Waals surface area contributed by atoms with Crippen molar-refractivity contribution in [3.63, 3.8) is 0 Å². The van der Waals surface area contributed by atoms with Crippen molar-refractivity contribution in [3.8, 4) is 11.8 Å². The van der Waals surface area contributed by atoms with Gasteiger partial charge in [0.15, 0.2) is 0 Å². The molecule has 118 valence electrons. The Morgan fingerprint density at radius 2 is 2.00 bits per heavy atom. The number of carbonyl (C=O) groups is 1. The van der Waals surface area contributed by atoms with Crippen molar-refractivity contribution < 1.29 is 14.6 Å². The number of piperidine rings is 1. The summed E-state index contributed by atoms with van der Waals surface area (Å²) in [4.78, 5) is 13.4. The largest absolute Gasteiger partial charge is 0.494 e. The molecule has 0 radical (unpaired) electrons. The third-order valence-corrected chi connectivity index (χ3v) is 4.01. The predicted molar refractivity (Wildman–Crippen MR) is 81.1 cm³/mol. The van der Waals surface area contributed by atoms with Gasteiger partial charge in [0.25, 0.3) is 0 Å². The van der Waals surface area contributed by atoms with Crippen LogP contribution in [0.4, 0.5) is 0 Å². The Morgan fingerprint density at radius 3 is 2.55 bits per heavy atom. The highest BCUT2D eigenvalue weighted by atomic mass is 16.5. The minimum Gasteiger partial charge on any atom is -0.494 e. The van der Waals surface area contributed by atoms with Gasteiger partial charge in [-0.1, -0.05) is 0 Å². The molecule has 0 unspecified atom stereocenters. The summed E-state index contributed by atoms with van der Waals surface area (Å²) in [5.41, 5.74) is 4.48. The Bertz CT molecular complexity index is 543. The van der Waals surface area contributed by atoms with E-state index in [-0.39, 0.29) is 0 Å². The second kappa shape index (κ2) is 7.25. The number of benzene rings is 1. The van der Waals surface area contributed by atoms with Gasteiger partial charge in [-0.05, 0) is 43.5 Å². The summed E-state index contributed by atoms with van der Waals surface area (Å²) in [7, 11) is 0. The monoisotopic (exact) mass is 303 g/mol. The van der Waals surface area contributed by atoms with Gasteiger partial charge in [0, 0.05) is 19.6 Å². The number of aliphatic hydroxyl groups is 1. The molecule has 1 fully saturated rings. The summed E-state index contributed by atoms with van der Waals surface area (Å²) in [6.07, 6.45) is 1.63. The van der Waals surface area contributed by atoms with E-state index in [1.165, 1.54) is 0 Å². The van der Waals surface area contributed by atoms with Crippen LogP contribution >= 0.6 is 0 Å². The quantitative estimate of drug-likeness (QED) is 0.751. The number of nitrogens with zero attached hydrogens (tertiary/aromatic N) is 2. The fraction of sp³-hybridized carbons (Fsp3) is 0.500. The number of ether oxygens (including phenoxy) is 1. The van der Waals surface area contributed by atoms with Crippen molar-refractivity contribution in [3.05, 3.63) is 29.8 Å². The summed E-state index contributed by atoms with van der Waals surface area (Å²) >= 11 is 0. The summed E-state index contributed by atoms with van der Waals surface area (Å²) in [6.45, 7) is 2.76. The highest BCUT2D eigenvalue weighted by Crippen LogP contribution is 2.21. The minimum atomic E-state index is -1.34. The average Bonchev–Trinajstić information content (AvgIpc) is 2.54. The normalized spacial score (nSPS) is 17.6. The lowest BCUT2D eigenvalue weighted by molar-refractivity contribution is -0.141. The Hall–Kier alpha value is -2.10. The van der Waals surface area contributed by atoms with E-state index in [0.29, 0.717) is 38.1 Å². The van der Waals surface area contributed by atoms with Crippen LogP contribution in [0.15, 0.2) is 24.3 Å². The molecule has 0 saturated carbocycles. The number of primary amides is 1. The van der Waals surface area contributed by atoms with Crippen LogP contribution in [0.2, 0.25) is 0 Å². The predicted octanol–water partition coefficient (Wildman–Crippen LogP) is 0.639. The molecule has 1 saturated heterocycles. The van der Waals surface area contributed by atoms with Gasteiger partial charge in [0.1, 0.15) is 11.4 Å². The van der Waals surface area contributed by atoms with Crippen LogP contribution in [0.1, 0.15) is 24.8 Å². The molecule has 2 rings (SSSR count). The lowest BCUT2D eigenvalue weighted by Crippen LogP contribution is -2.52. The summed E-state index contributed by atoms with van der Waals surface area (Å²) in [6, 6.07) is 9.09. The van der Waals surface area contributed by atoms with E-state index in [9.17, 15) is 9.90 Å². The zero-order chi connectivity index (χ0) is 16.0. The first-order chi connectivity index (χ1) is 10.5. The first-order valence-electron chi connectivity index (χ1n) is 7.41. The molecule has 3 N–H and O–H groups in total. The molecule has 0 atom stereocenters. The Labute approximate surface area is 130 Å². The number of hydrogen-bond donors (Lipinski definition) is 2. The fourth-order valence-electron chi connectivity index (χ4n) is 2.50. The van der Waals surface area contributed by atoms with Crippen molar-refractivity contribution in [2.24, 2.45) is 5.73 Å². The lowest BCUT2D eigenvalue weighted by atomic mass is 9.91. The van der Waals surface area contributed by atoms with E-state index < -0.39 is 11.5 Å². The molecule has 1 amide bonds. The molecule has 1 aromatic rings. The number of nitrogens with two attached hydrogens (primary N) is 1. The number of nitriles is 1. The number of hydrogen-bond acceptors (Lipinski definition) is 5. The molecule has 6 nitrogen and oxygen atoms in total. The first-order valence-corrected chi connectivity index (χ1v) is 7.41. The van der Waals surface area contributed by atoms with E-state index in [1.54, 1.807) is 24.3 Å². The Balaban J connectivity index is 1.65. The van der Waals surface area contributed by atoms with E-state index in [4.69, 9.17) is 15.7 Å². The van der Waals surface area contributed by atoms with Crippen molar-refractivity contribution >= 4 is 5.91 Å². The molecule has 0 spiro atoms. The van der Waals surface area contributed by atoms with Gasteiger partial charge >= 0.3 is 0 Å². The molecule has 22 heavy (non-hydrogen) atoms. The van der Waals surface area contributed by atoms with Crippen molar-refractivity contribution in [1.29, 1.82) is 5.26 Å². The highest BCUT2D eigenvalue weighted by molar-refractivity contribution is 5.83. The smallest absolute Gasteiger partial charge is 0.249 e. The zero-order valence-corrected chi connectivity index (χ0v) is 12.5. The molecular formula is C16H21N3O3. The molecule has 0 aromatic heterocycles. The van der Waals surface area contributed by atoms with E-state index in [1.807, 2.05) is 0 Å². The fourth-order valence-corrected chi connectivity index (χ4v) is 2.50. The zero-order valence-electron chi connectivity index (χ0n) is 12.5. The van der Waals surface area contributed by atoms with Crippen LogP contribution < -0.4 is 10.5 Å².